The molecular weight excluding hydrogens is 249 g/mol. The summed E-state index contributed by atoms with van der Waals surface area (Å²) in [6, 6.07) is -1.34. The Hall–Kier alpha value is -0.990. The average Bonchev–Trinajstić information content (AvgIpc) is 2.16. The molecule has 1 fully saturated rings. The summed E-state index contributed by atoms with van der Waals surface area (Å²) in [4.78, 5) is 1.01. The number of hydrogen-bond acceptors (Lipinski definition) is 3. The van der Waals surface area contributed by atoms with Gasteiger partial charge in [-0.2, -0.15) is 26.0 Å². The van der Waals surface area contributed by atoms with Gasteiger partial charge in [0, 0.05) is 13.1 Å². The lowest BCUT2D eigenvalue weighted by Crippen LogP contribution is -2.44. The molecule has 1 aliphatic rings. The summed E-state index contributed by atoms with van der Waals surface area (Å²) in [6.45, 7) is 0.491. The van der Waals surface area contributed by atoms with Crippen LogP contribution < -0.4 is 5.11 Å². The molecule has 0 radical (unpaired) electrons. The highest BCUT2D eigenvalue weighted by atomic mass is 32.2. The minimum atomic E-state index is -5.71. The van der Waals surface area contributed by atoms with Crippen LogP contribution in [0.4, 0.5) is 13.2 Å². The molecule has 0 unspecified atom stereocenters. The highest BCUT2D eigenvalue weighted by Gasteiger charge is 2.46. The van der Waals surface area contributed by atoms with Gasteiger partial charge in [-0.05, 0) is 19.3 Å². The number of alkyl halides is 3. The maximum absolute atomic E-state index is 11.9. The number of piperidine rings is 1. The van der Waals surface area contributed by atoms with Gasteiger partial charge in [-0.15, -0.1) is 0 Å². The van der Waals surface area contributed by atoms with E-state index in [0.29, 0.717) is 12.8 Å². The van der Waals surface area contributed by atoms with Gasteiger partial charge in [0.2, 0.25) is 0 Å². The number of rotatable bonds is 1. The monoisotopic (exact) mass is 259 g/mol. The van der Waals surface area contributed by atoms with E-state index in [1.807, 2.05) is 0 Å². The average molecular weight is 259 g/mol. The molecule has 0 aliphatic carbocycles. The van der Waals surface area contributed by atoms with Crippen molar-refractivity contribution in [2.45, 2.75) is 24.8 Å². The molecule has 0 N–H and O–H groups in total. The van der Waals surface area contributed by atoms with Crippen LogP contribution in [0.25, 0.3) is 0 Å². The van der Waals surface area contributed by atoms with E-state index in [1.165, 1.54) is 0 Å². The van der Waals surface area contributed by atoms with E-state index in [-0.39, 0.29) is 13.1 Å². The Balaban J connectivity index is 2.83. The Morgan fingerprint density at radius 2 is 1.69 bits per heavy atom. The minimum absolute atomic E-state index is 0.246. The first-order valence-electron chi connectivity index (χ1n) is 4.57. The van der Waals surface area contributed by atoms with Gasteiger partial charge in [0.25, 0.3) is 0 Å². The van der Waals surface area contributed by atoms with Crippen LogP contribution in [-0.2, 0) is 10.0 Å². The fourth-order valence-corrected chi connectivity index (χ4v) is 1.72. The number of amidine groups is 1. The van der Waals surface area contributed by atoms with E-state index in [9.17, 15) is 26.7 Å². The van der Waals surface area contributed by atoms with Crippen LogP contribution in [-0.4, -0.2) is 37.9 Å². The highest BCUT2D eigenvalue weighted by Crippen LogP contribution is 2.24. The van der Waals surface area contributed by atoms with Gasteiger partial charge in [0.05, 0.1) is 6.02 Å². The van der Waals surface area contributed by atoms with Crippen LogP contribution in [0, 0.1) is 0 Å². The predicted octanol–water partition coefficient (Wildman–Crippen LogP) is 0.0382. The summed E-state index contributed by atoms with van der Waals surface area (Å²) >= 11 is 0. The normalized spacial score (nSPS) is 19.9. The summed E-state index contributed by atoms with van der Waals surface area (Å²) in [5.74, 6) is 0. The van der Waals surface area contributed by atoms with Crippen molar-refractivity contribution in [2.24, 2.45) is 4.40 Å². The van der Waals surface area contributed by atoms with Crippen molar-refractivity contribution in [3.05, 3.63) is 0 Å². The molecule has 5 nitrogen and oxygen atoms in total. The molecular formula is C7H10F3N2O3S-. The fraction of sp³-hybridized carbons (Fsp3) is 0.857. The van der Waals surface area contributed by atoms with Crippen LogP contribution in [0.15, 0.2) is 4.40 Å². The Morgan fingerprint density at radius 3 is 2.12 bits per heavy atom. The van der Waals surface area contributed by atoms with Crippen LogP contribution in [0.5, 0.6) is 0 Å². The van der Waals surface area contributed by atoms with E-state index in [4.69, 9.17) is 0 Å². The second-order valence-corrected chi connectivity index (χ2v) is 4.94. The standard InChI is InChI=1S/C7H11F3N2O3S/c8-7(9,10)16(14,15)11-6(13)12-4-2-1-3-5-12/h1-5H2,(H,11,13)/p-1. The zero-order chi connectivity index (χ0) is 12.4. The van der Waals surface area contributed by atoms with Crippen molar-refractivity contribution in [1.82, 2.24) is 4.90 Å². The minimum Gasteiger partial charge on any atom is -0.845 e. The lowest BCUT2D eigenvalue weighted by Gasteiger charge is -2.32. The quantitative estimate of drug-likeness (QED) is 0.492. The molecule has 0 atom stereocenters. The summed E-state index contributed by atoms with van der Waals surface area (Å²) in [5, 5.41) is 11.1. The Bertz CT molecular complexity index is 371. The van der Waals surface area contributed by atoms with Crippen molar-refractivity contribution in [3.8, 4) is 0 Å². The van der Waals surface area contributed by atoms with Crippen LogP contribution in [0.3, 0.4) is 0 Å². The Kier molecular flexibility index (Phi) is 3.66. The van der Waals surface area contributed by atoms with Gasteiger partial charge < -0.3 is 10.0 Å². The molecule has 9 heteroatoms. The third kappa shape index (κ3) is 3.00. The van der Waals surface area contributed by atoms with E-state index < -0.39 is 21.6 Å². The summed E-state index contributed by atoms with van der Waals surface area (Å²) < 4.78 is 59.1. The molecule has 1 heterocycles. The van der Waals surface area contributed by atoms with Crippen molar-refractivity contribution in [1.29, 1.82) is 0 Å². The van der Waals surface area contributed by atoms with Crippen LogP contribution in [0.2, 0.25) is 0 Å². The molecule has 16 heavy (non-hydrogen) atoms. The van der Waals surface area contributed by atoms with Gasteiger partial charge in [0.15, 0.2) is 0 Å². The first kappa shape index (κ1) is 13.1. The smallest absolute Gasteiger partial charge is 0.518 e. The molecule has 0 aromatic carbocycles. The molecule has 1 aliphatic heterocycles. The van der Waals surface area contributed by atoms with Crippen molar-refractivity contribution >= 4 is 16.0 Å². The molecule has 0 spiro atoms. The Labute approximate surface area is 90.6 Å². The largest absolute Gasteiger partial charge is 0.845 e. The zero-order valence-corrected chi connectivity index (χ0v) is 9.01. The Morgan fingerprint density at radius 1 is 1.19 bits per heavy atom. The first-order valence-corrected chi connectivity index (χ1v) is 6.01. The maximum Gasteiger partial charge on any atom is 0.518 e. The third-order valence-corrected chi connectivity index (χ3v) is 3.10. The molecule has 0 aromatic rings. The van der Waals surface area contributed by atoms with E-state index >= 15 is 0 Å². The molecule has 0 aromatic heterocycles. The number of halogens is 3. The van der Waals surface area contributed by atoms with Gasteiger partial charge >= 0.3 is 15.5 Å². The molecule has 0 bridgehead atoms. The lowest BCUT2D eigenvalue weighted by molar-refractivity contribution is -0.235. The zero-order valence-electron chi connectivity index (χ0n) is 8.20. The van der Waals surface area contributed by atoms with Crippen molar-refractivity contribution in [2.75, 3.05) is 13.1 Å². The van der Waals surface area contributed by atoms with E-state index in [1.54, 1.807) is 0 Å². The molecule has 0 saturated carbocycles. The number of sulfonamides is 1. The second-order valence-electron chi connectivity index (χ2n) is 3.34. The van der Waals surface area contributed by atoms with Gasteiger partial charge in [0.1, 0.15) is 0 Å². The fourth-order valence-electron chi connectivity index (χ4n) is 1.30. The predicted molar refractivity (Wildman–Crippen MR) is 47.8 cm³/mol. The topological polar surface area (TPSA) is 72.8 Å². The first-order chi connectivity index (χ1) is 7.24. The lowest BCUT2D eigenvalue weighted by atomic mass is 10.1. The number of nitrogens with zero attached hydrogens (tertiary/aromatic N) is 2. The van der Waals surface area contributed by atoms with E-state index in [2.05, 4.69) is 4.40 Å². The van der Waals surface area contributed by atoms with Crippen molar-refractivity contribution in [3.63, 3.8) is 0 Å². The summed E-state index contributed by atoms with van der Waals surface area (Å²) in [7, 11) is -5.71. The van der Waals surface area contributed by atoms with Gasteiger partial charge in [-0.1, -0.05) is 0 Å². The highest BCUT2D eigenvalue weighted by molar-refractivity contribution is 7.91. The number of hydrogen-bond donors (Lipinski definition) is 0. The maximum atomic E-state index is 11.9. The summed E-state index contributed by atoms with van der Waals surface area (Å²) in [6.07, 6.45) is 2.16. The van der Waals surface area contributed by atoms with Crippen molar-refractivity contribution < 1.29 is 26.7 Å². The van der Waals surface area contributed by atoms with Crippen LogP contribution in [0.1, 0.15) is 19.3 Å². The molecule has 94 valence electrons. The summed E-state index contributed by atoms with van der Waals surface area (Å²) in [5.41, 5.74) is -5.52. The number of likely N-dealkylation sites (tertiary alicyclic amines) is 1. The van der Waals surface area contributed by atoms with E-state index in [0.717, 1.165) is 11.3 Å². The SMILES string of the molecule is O=S(=O)(/N=C(\[O-])N1CCCCC1)C(F)(F)F. The molecule has 0 amide bonds. The third-order valence-electron chi connectivity index (χ3n) is 2.12. The molecule has 1 saturated heterocycles. The molecule has 1 rings (SSSR count). The second kappa shape index (κ2) is 4.48. The van der Waals surface area contributed by atoms with Crippen LogP contribution >= 0.6 is 0 Å². The van der Waals surface area contributed by atoms with Gasteiger partial charge in [-0.25, -0.2) is 0 Å². The van der Waals surface area contributed by atoms with Gasteiger partial charge in [-0.3, -0.25) is 0 Å².